The van der Waals surface area contributed by atoms with Gasteiger partial charge in [-0.2, -0.15) is 0 Å². The lowest BCUT2D eigenvalue weighted by Crippen LogP contribution is -2.45. The first kappa shape index (κ1) is 22.8. The molecule has 0 fully saturated rings. The standard InChI is InChI=1S/C20H28N4O2S.HI/c1-14(24-8-6-19-16(13-24)7-9-27-19)11-22-20(21)23-12-15-4-5-17(25-2)18(10-15)26-3;/h4-5,7,9-10,14H,6,8,11-13H2,1-3H3,(H3,21,22,23);1H. The second-order valence-electron chi connectivity index (χ2n) is 6.71. The maximum Gasteiger partial charge on any atom is 0.188 e. The van der Waals surface area contributed by atoms with E-state index in [1.165, 1.54) is 10.4 Å². The molecule has 1 unspecified atom stereocenters. The quantitative estimate of drug-likeness (QED) is 0.336. The van der Waals surface area contributed by atoms with Crippen molar-refractivity contribution < 1.29 is 9.47 Å². The molecule has 0 aliphatic carbocycles. The molecule has 1 aromatic carbocycles. The number of hydrogen-bond donors (Lipinski definition) is 2. The second-order valence-corrected chi connectivity index (χ2v) is 7.71. The highest BCUT2D eigenvalue weighted by molar-refractivity contribution is 14.0. The van der Waals surface area contributed by atoms with Gasteiger partial charge in [0.1, 0.15) is 0 Å². The van der Waals surface area contributed by atoms with Gasteiger partial charge >= 0.3 is 0 Å². The van der Waals surface area contributed by atoms with E-state index in [0.717, 1.165) is 31.6 Å². The summed E-state index contributed by atoms with van der Waals surface area (Å²) in [5.41, 5.74) is 8.54. The molecule has 0 radical (unpaired) electrons. The van der Waals surface area contributed by atoms with Crippen molar-refractivity contribution in [2.24, 2.45) is 10.7 Å². The largest absolute Gasteiger partial charge is 0.493 e. The van der Waals surface area contributed by atoms with E-state index in [1.807, 2.05) is 29.5 Å². The van der Waals surface area contributed by atoms with Gasteiger partial charge in [-0.1, -0.05) is 6.07 Å². The number of halogens is 1. The summed E-state index contributed by atoms with van der Waals surface area (Å²) < 4.78 is 10.6. The van der Waals surface area contributed by atoms with Gasteiger partial charge < -0.3 is 20.5 Å². The second kappa shape index (κ2) is 10.9. The number of ether oxygens (including phenoxy) is 2. The number of fused-ring (bicyclic) bond motifs is 1. The molecule has 0 saturated heterocycles. The number of nitrogens with two attached hydrogens (primary N) is 1. The van der Waals surface area contributed by atoms with E-state index in [4.69, 9.17) is 15.2 Å². The molecule has 0 saturated carbocycles. The molecule has 0 spiro atoms. The fourth-order valence-corrected chi connectivity index (χ4v) is 4.13. The monoisotopic (exact) mass is 516 g/mol. The van der Waals surface area contributed by atoms with Crippen LogP contribution in [0.5, 0.6) is 11.5 Å². The van der Waals surface area contributed by atoms with Gasteiger partial charge in [-0.25, -0.2) is 4.99 Å². The Kier molecular flexibility index (Phi) is 8.84. The third-order valence-electron chi connectivity index (χ3n) is 4.92. The zero-order valence-electron chi connectivity index (χ0n) is 16.6. The smallest absolute Gasteiger partial charge is 0.188 e. The van der Waals surface area contributed by atoms with Crippen LogP contribution in [0.25, 0.3) is 0 Å². The van der Waals surface area contributed by atoms with Crippen LogP contribution in [-0.2, 0) is 19.5 Å². The van der Waals surface area contributed by atoms with Crippen LogP contribution in [0.4, 0.5) is 0 Å². The summed E-state index contributed by atoms with van der Waals surface area (Å²) in [5.74, 6) is 1.87. The number of methoxy groups -OCH3 is 2. The van der Waals surface area contributed by atoms with Crippen molar-refractivity contribution in [2.45, 2.75) is 32.5 Å². The molecular formula is C20H29IN4O2S. The Morgan fingerprint density at radius 1 is 1.29 bits per heavy atom. The van der Waals surface area contributed by atoms with Crippen molar-refractivity contribution in [2.75, 3.05) is 27.3 Å². The third kappa shape index (κ3) is 5.74. The maximum atomic E-state index is 6.05. The van der Waals surface area contributed by atoms with Gasteiger partial charge in [0.25, 0.3) is 0 Å². The molecule has 0 amide bonds. The van der Waals surface area contributed by atoms with Crippen LogP contribution < -0.4 is 20.5 Å². The van der Waals surface area contributed by atoms with Crippen LogP contribution in [0.1, 0.15) is 22.9 Å². The lowest BCUT2D eigenvalue weighted by molar-refractivity contribution is 0.193. The summed E-state index contributed by atoms with van der Waals surface area (Å²) in [7, 11) is 3.25. The van der Waals surface area contributed by atoms with Gasteiger partial charge in [0.2, 0.25) is 0 Å². The zero-order valence-corrected chi connectivity index (χ0v) is 19.8. The van der Waals surface area contributed by atoms with Crippen LogP contribution >= 0.6 is 35.3 Å². The SMILES string of the molecule is COc1ccc(CN=C(N)NCC(C)N2CCc3sccc3C2)cc1OC.I. The molecule has 8 heteroatoms. The Labute approximate surface area is 188 Å². The maximum absolute atomic E-state index is 6.05. The molecule has 1 aliphatic rings. The Morgan fingerprint density at radius 2 is 2.07 bits per heavy atom. The first-order chi connectivity index (χ1) is 13.1. The van der Waals surface area contributed by atoms with Crippen molar-refractivity contribution in [3.05, 3.63) is 45.6 Å². The van der Waals surface area contributed by atoms with Gasteiger partial charge in [-0.15, -0.1) is 35.3 Å². The summed E-state index contributed by atoms with van der Waals surface area (Å²) >= 11 is 1.87. The molecule has 1 atom stereocenters. The molecular weight excluding hydrogens is 487 g/mol. The van der Waals surface area contributed by atoms with Gasteiger partial charge in [-0.3, -0.25) is 4.90 Å². The van der Waals surface area contributed by atoms with Gasteiger partial charge in [-0.05, 0) is 48.1 Å². The van der Waals surface area contributed by atoms with Crippen molar-refractivity contribution in [1.29, 1.82) is 0 Å². The van der Waals surface area contributed by atoms with Crippen molar-refractivity contribution in [3.63, 3.8) is 0 Å². The first-order valence-electron chi connectivity index (χ1n) is 9.14. The normalized spacial score (nSPS) is 15.3. The number of thiophene rings is 1. The fourth-order valence-electron chi connectivity index (χ4n) is 3.24. The number of nitrogens with one attached hydrogen (secondary N) is 1. The Hall–Kier alpha value is -1.52. The number of hydrogen-bond acceptors (Lipinski definition) is 5. The minimum Gasteiger partial charge on any atom is -0.493 e. The Bertz CT molecular complexity index is 796. The van der Waals surface area contributed by atoms with Gasteiger partial charge in [0.15, 0.2) is 17.5 Å². The van der Waals surface area contributed by atoms with E-state index in [1.54, 1.807) is 14.2 Å². The van der Waals surface area contributed by atoms with Crippen LogP contribution in [0.15, 0.2) is 34.6 Å². The number of nitrogens with zero attached hydrogens (tertiary/aromatic N) is 2. The number of aliphatic imine (C=N–C) groups is 1. The highest BCUT2D eigenvalue weighted by Gasteiger charge is 2.21. The van der Waals surface area contributed by atoms with E-state index in [2.05, 4.69) is 33.6 Å². The van der Waals surface area contributed by atoms with Crippen LogP contribution in [0, 0.1) is 0 Å². The Balaban J connectivity index is 0.00000280. The van der Waals surface area contributed by atoms with Crippen LogP contribution in [-0.4, -0.2) is 44.2 Å². The van der Waals surface area contributed by atoms with E-state index in [0.29, 0.717) is 30.0 Å². The molecule has 6 nitrogen and oxygen atoms in total. The molecule has 28 heavy (non-hydrogen) atoms. The van der Waals surface area contributed by atoms with Crippen LogP contribution in [0.3, 0.4) is 0 Å². The summed E-state index contributed by atoms with van der Waals surface area (Å²) in [5, 5.41) is 5.44. The van der Waals surface area contributed by atoms with Gasteiger partial charge in [0.05, 0.1) is 20.8 Å². The summed E-state index contributed by atoms with van der Waals surface area (Å²) in [6.45, 7) is 5.62. The van der Waals surface area contributed by atoms with Crippen molar-refractivity contribution >= 4 is 41.3 Å². The predicted octanol–water partition coefficient (Wildman–Crippen LogP) is 3.23. The topological polar surface area (TPSA) is 72.1 Å². The summed E-state index contributed by atoms with van der Waals surface area (Å²) in [6.07, 6.45) is 1.14. The van der Waals surface area contributed by atoms with E-state index in [-0.39, 0.29) is 24.0 Å². The Morgan fingerprint density at radius 3 is 2.82 bits per heavy atom. The molecule has 3 N–H and O–H groups in total. The molecule has 2 aromatic rings. The van der Waals surface area contributed by atoms with E-state index < -0.39 is 0 Å². The minimum atomic E-state index is 0. The molecule has 2 heterocycles. The average Bonchev–Trinajstić information content (AvgIpc) is 3.17. The molecule has 154 valence electrons. The van der Waals surface area contributed by atoms with Crippen molar-refractivity contribution in [1.82, 2.24) is 10.2 Å². The summed E-state index contributed by atoms with van der Waals surface area (Å²) in [4.78, 5) is 8.46. The molecule has 1 aliphatic heterocycles. The molecule has 3 rings (SSSR count). The lowest BCUT2D eigenvalue weighted by atomic mass is 10.1. The lowest BCUT2D eigenvalue weighted by Gasteiger charge is -2.32. The van der Waals surface area contributed by atoms with Crippen molar-refractivity contribution in [3.8, 4) is 11.5 Å². The first-order valence-corrected chi connectivity index (χ1v) is 10.0. The van der Waals surface area contributed by atoms with E-state index >= 15 is 0 Å². The van der Waals surface area contributed by atoms with Crippen LogP contribution in [0.2, 0.25) is 0 Å². The predicted molar refractivity (Wildman–Crippen MR) is 126 cm³/mol. The van der Waals surface area contributed by atoms with E-state index in [9.17, 15) is 0 Å². The van der Waals surface area contributed by atoms with Gasteiger partial charge in [0, 0.05) is 30.6 Å². The third-order valence-corrected chi connectivity index (χ3v) is 5.94. The number of guanidine groups is 1. The molecule has 1 aromatic heterocycles. The number of rotatable bonds is 7. The highest BCUT2D eigenvalue weighted by atomic mass is 127. The fraction of sp³-hybridized carbons (Fsp3) is 0.450. The average molecular weight is 516 g/mol. The summed E-state index contributed by atoms with van der Waals surface area (Å²) in [6, 6.07) is 8.40. The highest BCUT2D eigenvalue weighted by Crippen LogP contribution is 2.28. The molecule has 0 bridgehead atoms. The zero-order chi connectivity index (χ0) is 19.2. The minimum absolute atomic E-state index is 0. The number of benzene rings is 1.